The van der Waals surface area contributed by atoms with E-state index in [1.807, 2.05) is 13.0 Å². The Kier molecular flexibility index (Phi) is 5.77. The van der Waals surface area contributed by atoms with Crippen molar-refractivity contribution in [2.24, 2.45) is 0 Å². The highest BCUT2D eigenvalue weighted by molar-refractivity contribution is 7.88. The van der Waals surface area contributed by atoms with Crippen molar-refractivity contribution < 1.29 is 12.8 Å². The SMILES string of the molecule is Cc1ccn(-c2ccc(NCCNS(=O)(=O)Cc3cccc(F)c3)nn2)n1. The minimum atomic E-state index is -3.55. The lowest BCUT2D eigenvalue weighted by molar-refractivity contribution is 0.581. The van der Waals surface area contributed by atoms with Gasteiger partial charge in [0.25, 0.3) is 0 Å². The number of benzene rings is 1. The van der Waals surface area contributed by atoms with Gasteiger partial charge < -0.3 is 5.32 Å². The summed E-state index contributed by atoms with van der Waals surface area (Å²) in [6, 6.07) is 10.9. The summed E-state index contributed by atoms with van der Waals surface area (Å²) < 4.78 is 41.3. The zero-order chi connectivity index (χ0) is 19.3. The number of anilines is 1. The largest absolute Gasteiger partial charge is 0.367 e. The van der Waals surface area contributed by atoms with Gasteiger partial charge in [-0.3, -0.25) is 0 Å². The van der Waals surface area contributed by atoms with E-state index in [1.54, 1.807) is 29.1 Å². The molecule has 0 radical (unpaired) electrons. The fourth-order valence-electron chi connectivity index (χ4n) is 2.38. The van der Waals surface area contributed by atoms with Gasteiger partial charge in [-0.05, 0) is 42.8 Å². The Morgan fingerprint density at radius 3 is 2.63 bits per heavy atom. The molecule has 2 N–H and O–H groups in total. The van der Waals surface area contributed by atoms with Crippen LogP contribution in [0.5, 0.6) is 0 Å². The maximum Gasteiger partial charge on any atom is 0.215 e. The van der Waals surface area contributed by atoms with Gasteiger partial charge in [-0.2, -0.15) is 5.10 Å². The Morgan fingerprint density at radius 2 is 1.96 bits per heavy atom. The second-order valence-corrected chi connectivity index (χ2v) is 7.70. The first-order chi connectivity index (χ1) is 12.9. The maximum atomic E-state index is 13.1. The third-order valence-electron chi connectivity index (χ3n) is 3.61. The van der Waals surface area contributed by atoms with Crippen molar-refractivity contribution in [3.8, 4) is 5.82 Å². The van der Waals surface area contributed by atoms with E-state index in [0.717, 1.165) is 5.69 Å². The zero-order valence-electron chi connectivity index (χ0n) is 14.6. The summed E-state index contributed by atoms with van der Waals surface area (Å²) in [6.07, 6.45) is 1.79. The predicted octanol–water partition coefficient (Wildman–Crippen LogP) is 1.64. The summed E-state index contributed by atoms with van der Waals surface area (Å²) in [7, 11) is -3.55. The second-order valence-electron chi connectivity index (χ2n) is 5.89. The van der Waals surface area contributed by atoms with Crippen LogP contribution >= 0.6 is 0 Å². The van der Waals surface area contributed by atoms with Gasteiger partial charge in [0.1, 0.15) is 11.6 Å². The number of aromatic nitrogens is 4. The van der Waals surface area contributed by atoms with Crippen LogP contribution < -0.4 is 10.0 Å². The van der Waals surface area contributed by atoms with Gasteiger partial charge in [0, 0.05) is 19.3 Å². The van der Waals surface area contributed by atoms with Crippen molar-refractivity contribution in [2.75, 3.05) is 18.4 Å². The minimum absolute atomic E-state index is 0.166. The Balaban J connectivity index is 1.46. The van der Waals surface area contributed by atoms with Crippen LogP contribution in [0, 0.1) is 12.7 Å². The standard InChI is InChI=1S/C17H19FN6O2S/c1-13-7-10-24(23-13)17-6-5-16(21-22-17)19-8-9-20-27(25,26)12-14-3-2-4-15(18)11-14/h2-7,10-11,20H,8-9,12H2,1H3,(H,19,21). The molecule has 0 unspecified atom stereocenters. The van der Waals surface area contributed by atoms with E-state index in [4.69, 9.17) is 0 Å². The summed E-state index contributed by atoms with van der Waals surface area (Å²) in [5, 5.41) is 15.3. The highest BCUT2D eigenvalue weighted by Gasteiger charge is 2.11. The molecule has 0 fully saturated rings. The molecule has 2 heterocycles. The van der Waals surface area contributed by atoms with Gasteiger partial charge >= 0.3 is 0 Å². The molecule has 27 heavy (non-hydrogen) atoms. The molecule has 0 amide bonds. The molecule has 1 aromatic carbocycles. The molecule has 10 heteroatoms. The van der Waals surface area contributed by atoms with Gasteiger partial charge in [-0.15, -0.1) is 10.2 Å². The van der Waals surface area contributed by atoms with Crippen molar-refractivity contribution >= 4 is 15.8 Å². The van der Waals surface area contributed by atoms with Crippen molar-refractivity contribution in [1.82, 2.24) is 24.7 Å². The molecule has 0 aliphatic rings. The lowest BCUT2D eigenvalue weighted by Gasteiger charge is -2.08. The zero-order valence-corrected chi connectivity index (χ0v) is 15.4. The predicted molar refractivity (Wildman–Crippen MR) is 99.4 cm³/mol. The number of hydrogen-bond acceptors (Lipinski definition) is 6. The van der Waals surface area contributed by atoms with Crippen LogP contribution in [0.1, 0.15) is 11.3 Å². The molecule has 2 aromatic heterocycles. The Bertz CT molecular complexity index is 1000. The molecule has 0 aliphatic carbocycles. The van der Waals surface area contributed by atoms with Crippen LogP contribution in [-0.2, 0) is 15.8 Å². The topological polar surface area (TPSA) is 102 Å². The minimum Gasteiger partial charge on any atom is -0.367 e. The Labute approximate surface area is 156 Å². The number of nitrogens with zero attached hydrogens (tertiary/aromatic N) is 4. The molecular weight excluding hydrogens is 371 g/mol. The number of hydrogen-bond donors (Lipinski definition) is 2. The molecule has 0 saturated heterocycles. The monoisotopic (exact) mass is 390 g/mol. The quantitative estimate of drug-likeness (QED) is 0.567. The van der Waals surface area contributed by atoms with E-state index < -0.39 is 15.8 Å². The smallest absolute Gasteiger partial charge is 0.215 e. The number of nitrogens with one attached hydrogen (secondary N) is 2. The fourth-order valence-corrected chi connectivity index (χ4v) is 3.51. The van der Waals surface area contributed by atoms with Gasteiger partial charge in [0.2, 0.25) is 10.0 Å². The van der Waals surface area contributed by atoms with Crippen LogP contribution in [0.2, 0.25) is 0 Å². The molecule has 0 spiro atoms. The van der Waals surface area contributed by atoms with Crippen molar-refractivity contribution in [3.05, 3.63) is 65.7 Å². The molecular formula is C17H19FN6O2S. The summed E-state index contributed by atoms with van der Waals surface area (Å²) >= 11 is 0. The van der Waals surface area contributed by atoms with E-state index in [9.17, 15) is 12.8 Å². The van der Waals surface area contributed by atoms with Gasteiger partial charge in [-0.25, -0.2) is 22.2 Å². The molecule has 0 bridgehead atoms. The van der Waals surface area contributed by atoms with Crippen LogP contribution in [0.3, 0.4) is 0 Å². The lowest BCUT2D eigenvalue weighted by atomic mass is 10.2. The average molecular weight is 390 g/mol. The van der Waals surface area contributed by atoms with Crippen molar-refractivity contribution in [1.29, 1.82) is 0 Å². The Hall–Kier alpha value is -2.85. The molecule has 8 nitrogen and oxygen atoms in total. The summed E-state index contributed by atoms with van der Waals surface area (Å²) in [5.41, 5.74) is 1.27. The molecule has 3 aromatic rings. The number of rotatable bonds is 8. The molecule has 142 valence electrons. The van der Waals surface area contributed by atoms with Crippen LogP contribution in [0.15, 0.2) is 48.7 Å². The average Bonchev–Trinajstić information content (AvgIpc) is 3.05. The van der Waals surface area contributed by atoms with Crippen LogP contribution in [0.25, 0.3) is 5.82 Å². The van der Waals surface area contributed by atoms with Crippen LogP contribution in [-0.4, -0.2) is 41.5 Å². The fraction of sp³-hybridized carbons (Fsp3) is 0.235. The van der Waals surface area contributed by atoms with E-state index in [0.29, 0.717) is 23.7 Å². The van der Waals surface area contributed by atoms with E-state index in [2.05, 4.69) is 25.3 Å². The normalized spacial score (nSPS) is 11.5. The van der Waals surface area contributed by atoms with Crippen molar-refractivity contribution in [3.63, 3.8) is 0 Å². The third-order valence-corrected chi connectivity index (χ3v) is 4.96. The maximum absolute atomic E-state index is 13.1. The molecule has 0 aliphatic heterocycles. The first kappa shape index (κ1) is 18.9. The van der Waals surface area contributed by atoms with Crippen molar-refractivity contribution in [2.45, 2.75) is 12.7 Å². The number of sulfonamides is 1. The third kappa shape index (κ3) is 5.56. The molecule has 0 saturated carbocycles. The second kappa shape index (κ2) is 8.23. The van der Waals surface area contributed by atoms with Gasteiger partial charge in [0.15, 0.2) is 5.82 Å². The van der Waals surface area contributed by atoms with E-state index >= 15 is 0 Å². The molecule has 0 atom stereocenters. The first-order valence-electron chi connectivity index (χ1n) is 8.23. The highest BCUT2D eigenvalue weighted by Crippen LogP contribution is 2.08. The number of halogens is 1. The van der Waals surface area contributed by atoms with Gasteiger partial charge in [0.05, 0.1) is 11.4 Å². The Morgan fingerprint density at radius 1 is 1.11 bits per heavy atom. The number of aryl methyl sites for hydroxylation is 1. The summed E-state index contributed by atoms with van der Waals surface area (Å²) in [5.74, 6) is 0.371. The highest BCUT2D eigenvalue weighted by atomic mass is 32.2. The van der Waals surface area contributed by atoms with E-state index in [-0.39, 0.29) is 12.3 Å². The first-order valence-corrected chi connectivity index (χ1v) is 9.88. The van der Waals surface area contributed by atoms with Crippen LogP contribution in [0.4, 0.5) is 10.2 Å². The molecule has 3 rings (SSSR count). The van der Waals surface area contributed by atoms with Gasteiger partial charge in [-0.1, -0.05) is 12.1 Å². The summed E-state index contributed by atoms with van der Waals surface area (Å²) in [6.45, 7) is 2.38. The van der Waals surface area contributed by atoms with E-state index in [1.165, 1.54) is 18.2 Å². The summed E-state index contributed by atoms with van der Waals surface area (Å²) in [4.78, 5) is 0. The lowest BCUT2D eigenvalue weighted by Crippen LogP contribution is -2.30.